The first-order chi connectivity index (χ1) is 5.93. The summed E-state index contributed by atoms with van der Waals surface area (Å²) in [4.78, 5) is 0. The molecule has 1 aromatic heterocycles. The van der Waals surface area contributed by atoms with Crippen molar-refractivity contribution in [3.05, 3.63) is 18.0 Å². The highest BCUT2D eigenvalue weighted by Crippen LogP contribution is 1.96. The molecule has 0 saturated carbocycles. The summed E-state index contributed by atoms with van der Waals surface area (Å²) >= 11 is 1.94. The monoisotopic (exact) mass is 186 g/mol. The van der Waals surface area contributed by atoms with Gasteiger partial charge < -0.3 is 9.84 Å². The molecule has 0 radical (unpaired) electrons. The molecule has 1 aromatic rings. The molecule has 3 nitrogen and oxygen atoms in total. The standard InChI is InChI=1S/C8H14N2OS/c1-2-12-6-4-9-7-8-3-5-11-10-8/h3,5,9H,2,4,6-7H2,1H3. The van der Waals surface area contributed by atoms with Crippen LogP contribution in [-0.4, -0.2) is 23.2 Å². The van der Waals surface area contributed by atoms with E-state index in [9.17, 15) is 0 Å². The first kappa shape index (κ1) is 9.61. The van der Waals surface area contributed by atoms with Gasteiger partial charge >= 0.3 is 0 Å². The average Bonchev–Trinajstić information content (AvgIpc) is 2.57. The van der Waals surface area contributed by atoms with Crippen LogP contribution < -0.4 is 5.32 Å². The van der Waals surface area contributed by atoms with Gasteiger partial charge in [0.2, 0.25) is 0 Å². The molecule has 4 heteroatoms. The highest BCUT2D eigenvalue weighted by Gasteiger charge is 1.93. The lowest BCUT2D eigenvalue weighted by atomic mass is 10.4. The first-order valence-electron chi connectivity index (χ1n) is 4.11. The van der Waals surface area contributed by atoms with E-state index >= 15 is 0 Å². The van der Waals surface area contributed by atoms with E-state index in [1.807, 2.05) is 17.8 Å². The number of nitrogens with zero attached hydrogens (tertiary/aromatic N) is 1. The minimum absolute atomic E-state index is 0.806. The van der Waals surface area contributed by atoms with Crippen LogP contribution in [0.2, 0.25) is 0 Å². The minimum Gasteiger partial charge on any atom is -0.364 e. The SMILES string of the molecule is CCSCCNCc1ccon1. The van der Waals surface area contributed by atoms with Crippen LogP contribution in [0.3, 0.4) is 0 Å². The highest BCUT2D eigenvalue weighted by atomic mass is 32.2. The van der Waals surface area contributed by atoms with Gasteiger partial charge in [0.1, 0.15) is 6.26 Å². The van der Waals surface area contributed by atoms with Crippen molar-refractivity contribution in [1.82, 2.24) is 10.5 Å². The molecule has 0 spiro atoms. The van der Waals surface area contributed by atoms with Crippen molar-refractivity contribution in [3.8, 4) is 0 Å². The van der Waals surface area contributed by atoms with E-state index in [0.717, 1.165) is 24.5 Å². The average molecular weight is 186 g/mol. The summed E-state index contributed by atoms with van der Waals surface area (Å²) in [5, 5.41) is 7.07. The Labute approximate surface area is 76.9 Å². The minimum atomic E-state index is 0.806. The molecule has 68 valence electrons. The zero-order chi connectivity index (χ0) is 8.65. The summed E-state index contributed by atoms with van der Waals surface area (Å²) in [6.45, 7) is 4.01. The second kappa shape index (κ2) is 6.08. The lowest BCUT2D eigenvalue weighted by molar-refractivity contribution is 0.409. The number of hydrogen-bond donors (Lipinski definition) is 1. The Bertz CT molecular complexity index is 189. The Balaban J connectivity index is 1.96. The Morgan fingerprint density at radius 3 is 3.25 bits per heavy atom. The maximum absolute atomic E-state index is 4.70. The summed E-state index contributed by atoms with van der Waals surface area (Å²) in [6.07, 6.45) is 1.60. The van der Waals surface area contributed by atoms with Gasteiger partial charge in [0.25, 0.3) is 0 Å². The summed E-state index contributed by atoms with van der Waals surface area (Å²) in [7, 11) is 0. The maximum atomic E-state index is 4.70. The van der Waals surface area contributed by atoms with Gasteiger partial charge in [0, 0.05) is 24.9 Å². The van der Waals surface area contributed by atoms with Crippen molar-refractivity contribution in [2.75, 3.05) is 18.1 Å². The van der Waals surface area contributed by atoms with Gasteiger partial charge in [-0.05, 0) is 5.75 Å². The molecule has 12 heavy (non-hydrogen) atoms. The molecule has 0 bridgehead atoms. The molecule has 1 rings (SSSR count). The third kappa shape index (κ3) is 3.78. The highest BCUT2D eigenvalue weighted by molar-refractivity contribution is 7.99. The van der Waals surface area contributed by atoms with Crippen molar-refractivity contribution < 1.29 is 4.52 Å². The largest absolute Gasteiger partial charge is 0.364 e. The van der Waals surface area contributed by atoms with Crippen LogP contribution in [-0.2, 0) is 6.54 Å². The van der Waals surface area contributed by atoms with Crippen LogP contribution in [0.5, 0.6) is 0 Å². The van der Waals surface area contributed by atoms with E-state index in [1.54, 1.807) is 6.26 Å². The van der Waals surface area contributed by atoms with Crippen LogP contribution in [0.25, 0.3) is 0 Å². The molecule has 0 unspecified atom stereocenters. The predicted molar refractivity (Wildman–Crippen MR) is 51.2 cm³/mol. The lowest BCUT2D eigenvalue weighted by Gasteiger charge is -1.99. The van der Waals surface area contributed by atoms with Crippen molar-refractivity contribution >= 4 is 11.8 Å². The third-order valence-electron chi connectivity index (χ3n) is 1.42. The number of aromatic nitrogens is 1. The van der Waals surface area contributed by atoms with Crippen molar-refractivity contribution in [1.29, 1.82) is 0 Å². The molecule has 0 aliphatic heterocycles. The summed E-state index contributed by atoms with van der Waals surface area (Å²) in [5.41, 5.74) is 0.969. The van der Waals surface area contributed by atoms with E-state index < -0.39 is 0 Å². The zero-order valence-electron chi connectivity index (χ0n) is 7.25. The number of nitrogens with one attached hydrogen (secondary N) is 1. The van der Waals surface area contributed by atoms with Gasteiger partial charge in [-0.25, -0.2) is 0 Å². The number of hydrogen-bond acceptors (Lipinski definition) is 4. The topological polar surface area (TPSA) is 38.1 Å². The molecule has 0 aliphatic rings. The summed E-state index contributed by atoms with van der Waals surface area (Å²) in [5.74, 6) is 2.35. The van der Waals surface area contributed by atoms with Gasteiger partial charge in [-0.1, -0.05) is 12.1 Å². The zero-order valence-corrected chi connectivity index (χ0v) is 8.06. The Morgan fingerprint density at radius 1 is 1.67 bits per heavy atom. The molecule has 0 aliphatic carbocycles. The quantitative estimate of drug-likeness (QED) is 0.683. The van der Waals surface area contributed by atoms with E-state index in [4.69, 9.17) is 4.52 Å². The van der Waals surface area contributed by atoms with Crippen LogP contribution in [0.1, 0.15) is 12.6 Å². The third-order valence-corrected chi connectivity index (χ3v) is 2.33. The smallest absolute Gasteiger partial charge is 0.124 e. The fraction of sp³-hybridized carbons (Fsp3) is 0.625. The number of thioether (sulfide) groups is 1. The van der Waals surface area contributed by atoms with E-state index in [2.05, 4.69) is 17.4 Å². The normalized spacial score (nSPS) is 10.4. The van der Waals surface area contributed by atoms with Gasteiger partial charge in [0.05, 0.1) is 5.69 Å². The lowest BCUT2D eigenvalue weighted by Crippen LogP contribution is -2.16. The van der Waals surface area contributed by atoms with Gasteiger partial charge in [-0.15, -0.1) is 0 Å². The van der Waals surface area contributed by atoms with Crippen molar-refractivity contribution in [2.45, 2.75) is 13.5 Å². The molecular weight excluding hydrogens is 172 g/mol. The second-order valence-corrected chi connectivity index (χ2v) is 3.76. The van der Waals surface area contributed by atoms with Crippen LogP contribution in [0.15, 0.2) is 16.9 Å². The van der Waals surface area contributed by atoms with Crippen LogP contribution in [0.4, 0.5) is 0 Å². The molecule has 1 heterocycles. The number of rotatable bonds is 6. The molecular formula is C8H14N2OS. The molecule has 0 aromatic carbocycles. The van der Waals surface area contributed by atoms with E-state index in [0.29, 0.717) is 0 Å². The molecule has 0 atom stereocenters. The summed E-state index contributed by atoms with van der Waals surface area (Å²) < 4.78 is 4.70. The predicted octanol–water partition coefficient (Wildman–Crippen LogP) is 1.52. The van der Waals surface area contributed by atoms with Gasteiger partial charge in [0.15, 0.2) is 0 Å². The fourth-order valence-electron chi connectivity index (χ4n) is 0.834. The van der Waals surface area contributed by atoms with Gasteiger partial charge in [-0.2, -0.15) is 11.8 Å². The molecule has 0 amide bonds. The molecule has 1 N–H and O–H groups in total. The maximum Gasteiger partial charge on any atom is 0.124 e. The van der Waals surface area contributed by atoms with Crippen molar-refractivity contribution in [2.24, 2.45) is 0 Å². The van der Waals surface area contributed by atoms with E-state index in [1.165, 1.54) is 5.75 Å². The molecule has 0 saturated heterocycles. The Kier molecular flexibility index (Phi) is 4.87. The Morgan fingerprint density at radius 2 is 2.58 bits per heavy atom. The summed E-state index contributed by atoms with van der Waals surface area (Å²) in [6, 6.07) is 1.87. The van der Waals surface area contributed by atoms with Crippen LogP contribution >= 0.6 is 11.8 Å². The van der Waals surface area contributed by atoms with Crippen LogP contribution in [0, 0.1) is 0 Å². The first-order valence-corrected chi connectivity index (χ1v) is 5.26. The fourth-order valence-corrected chi connectivity index (χ4v) is 1.41. The van der Waals surface area contributed by atoms with E-state index in [-0.39, 0.29) is 0 Å². The Hall–Kier alpha value is -0.480. The molecule has 0 fully saturated rings. The van der Waals surface area contributed by atoms with Gasteiger partial charge in [-0.3, -0.25) is 0 Å². The second-order valence-electron chi connectivity index (χ2n) is 2.36. The van der Waals surface area contributed by atoms with Crippen molar-refractivity contribution in [3.63, 3.8) is 0 Å².